The molecular formula is C19H22O2. The lowest BCUT2D eigenvalue weighted by Gasteiger charge is -2.16. The molecule has 2 heteroatoms. The Morgan fingerprint density at radius 2 is 1.86 bits per heavy atom. The third kappa shape index (κ3) is 3.15. The van der Waals surface area contributed by atoms with Crippen LogP contribution in [0.25, 0.3) is 11.1 Å². The fourth-order valence-corrected chi connectivity index (χ4v) is 2.54. The second-order valence-electron chi connectivity index (χ2n) is 5.70. The molecule has 2 rings (SSSR count). The number of ether oxygens (including phenoxy) is 1. The van der Waals surface area contributed by atoms with Gasteiger partial charge in [-0.3, -0.25) is 4.79 Å². The van der Waals surface area contributed by atoms with Crippen molar-refractivity contribution in [1.82, 2.24) is 0 Å². The van der Waals surface area contributed by atoms with E-state index in [1.54, 1.807) is 14.0 Å². The normalized spacial score (nSPS) is 10.8. The van der Waals surface area contributed by atoms with Crippen LogP contribution < -0.4 is 4.74 Å². The van der Waals surface area contributed by atoms with Crippen molar-refractivity contribution in [2.75, 3.05) is 7.11 Å². The first kappa shape index (κ1) is 15.3. The summed E-state index contributed by atoms with van der Waals surface area (Å²) in [7, 11) is 1.71. The van der Waals surface area contributed by atoms with Gasteiger partial charge in [-0.15, -0.1) is 0 Å². The van der Waals surface area contributed by atoms with Crippen molar-refractivity contribution in [3.63, 3.8) is 0 Å². The van der Waals surface area contributed by atoms with Crippen LogP contribution in [0.2, 0.25) is 0 Å². The molecule has 0 radical (unpaired) electrons. The highest BCUT2D eigenvalue weighted by atomic mass is 16.5. The standard InChI is InChI=1S/C19H22O2/c1-12(2)17-11-18(13(3)9-19(17)21-5)16-8-6-7-15(10-16)14(4)20/h6-12H,1-5H3. The monoisotopic (exact) mass is 282 g/mol. The largest absolute Gasteiger partial charge is 0.496 e. The van der Waals surface area contributed by atoms with Gasteiger partial charge < -0.3 is 4.74 Å². The molecular weight excluding hydrogens is 260 g/mol. The lowest BCUT2D eigenvalue weighted by molar-refractivity contribution is 0.101. The van der Waals surface area contributed by atoms with Crippen LogP contribution in [0.3, 0.4) is 0 Å². The highest BCUT2D eigenvalue weighted by Gasteiger charge is 2.13. The number of rotatable bonds is 4. The van der Waals surface area contributed by atoms with E-state index in [1.165, 1.54) is 5.56 Å². The summed E-state index contributed by atoms with van der Waals surface area (Å²) in [5, 5.41) is 0. The Bertz CT molecular complexity index is 669. The second kappa shape index (κ2) is 6.13. The molecule has 0 aromatic heterocycles. The molecule has 21 heavy (non-hydrogen) atoms. The van der Waals surface area contributed by atoms with Crippen LogP contribution in [0.15, 0.2) is 36.4 Å². The maximum atomic E-state index is 11.6. The maximum absolute atomic E-state index is 11.6. The molecule has 110 valence electrons. The molecule has 2 nitrogen and oxygen atoms in total. The molecule has 0 saturated carbocycles. The van der Waals surface area contributed by atoms with Crippen molar-refractivity contribution in [3.8, 4) is 16.9 Å². The van der Waals surface area contributed by atoms with Crippen LogP contribution in [0.5, 0.6) is 5.75 Å². The smallest absolute Gasteiger partial charge is 0.159 e. The number of aryl methyl sites for hydroxylation is 1. The zero-order valence-electron chi connectivity index (χ0n) is 13.4. The molecule has 0 saturated heterocycles. The Morgan fingerprint density at radius 3 is 2.43 bits per heavy atom. The summed E-state index contributed by atoms with van der Waals surface area (Å²) in [4.78, 5) is 11.6. The van der Waals surface area contributed by atoms with Gasteiger partial charge in [-0.2, -0.15) is 0 Å². The van der Waals surface area contributed by atoms with E-state index in [9.17, 15) is 4.79 Å². The molecule has 0 amide bonds. The van der Waals surface area contributed by atoms with Gasteiger partial charge in [0, 0.05) is 5.56 Å². The summed E-state index contributed by atoms with van der Waals surface area (Å²) < 4.78 is 5.49. The van der Waals surface area contributed by atoms with Crippen molar-refractivity contribution in [3.05, 3.63) is 53.1 Å². The molecule has 0 spiro atoms. The predicted octanol–water partition coefficient (Wildman–Crippen LogP) is 5.00. The maximum Gasteiger partial charge on any atom is 0.159 e. The first-order valence-electron chi connectivity index (χ1n) is 7.24. The number of methoxy groups -OCH3 is 1. The van der Waals surface area contributed by atoms with Crippen LogP contribution >= 0.6 is 0 Å². The van der Waals surface area contributed by atoms with Crippen LogP contribution in [-0.4, -0.2) is 12.9 Å². The van der Waals surface area contributed by atoms with Crippen molar-refractivity contribution in [2.24, 2.45) is 0 Å². The minimum atomic E-state index is 0.0899. The van der Waals surface area contributed by atoms with Crippen LogP contribution in [0.1, 0.15) is 48.2 Å². The first-order valence-corrected chi connectivity index (χ1v) is 7.24. The molecule has 0 atom stereocenters. The second-order valence-corrected chi connectivity index (χ2v) is 5.70. The quantitative estimate of drug-likeness (QED) is 0.738. The van der Waals surface area contributed by atoms with Gasteiger partial charge in [0.15, 0.2) is 5.78 Å². The van der Waals surface area contributed by atoms with Crippen molar-refractivity contribution in [1.29, 1.82) is 0 Å². The van der Waals surface area contributed by atoms with Crippen LogP contribution in [0.4, 0.5) is 0 Å². The van der Waals surface area contributed by atoms with Crippen LogP contribution in [0, 0.1) is 6.92 Å². The molecule has 0 aliphatic carbocycles. The van der Waals surface area contributed by atoms with Gasteiger partial charge >= 0.3 is 0 Å². The number of Topliss-reactive ketones (excluding diaryl/α,β-unsaturated/α-hetero) is 1. The summed E-state index contributed by atoms with van der Waals surface area (Å²) in [6.45, 7) is 7.98. The minimum Gasteiger partial charge on any atom is -0.496 e. The summed E-state index contributed by atoms with van der Waals surface area (Å²) in [5.74, 6) is 1.40. The summed E-state index contributed by atoms with van der Waals surface area (Å²) in [6, 6.07) is 12.1. The fourth-order valence-electron chi connectivity index (χ4n) is 2.54. The number of carbonyl (C=O) groups is 1. The zero-order valence-corrected chi connectivity index (χ0v) is 13.4. The first-order chi connectivity index (χ1) is 9.93. The number of hydrogen-bond donors (Lipinski definition) is 0. The molecule has 0 aliphatic rings. The Balaban J connectivity index is 2.61. The minimum absolute atomic E-state index is 0.0899. The van der Waals surface area contributed by atoms with Gasteiger partial charge in [0.2, 0.25) is 0 Å². The number of ketones is 1. The van der Waals surface area contributed by atoms with Crippen molar-refractivity contribution in [2.45, 2.75) is 33.6 Å². The molecule has 0 aliphatic heterocycles. The Kier molecular flexibility index (Phi) is 4.46. The Morgan fingerprint density at radius 1 is 1.14 bits per heavy atom. The van der Waals surface area contributed by atoms with Gasteiger partial charge in [0.1, 0.15) is 5.75 Å². The molecule has 0 unspecified atom stereocenters. The lowest BCUT2D eigenvalue weighted by atomic mass is 9.92. The van der Waals surface area contributed by atoms with E-state index in [2.05, 4.69) is 32.9 Å². The molecule has 0 N–H and O–H groups in total. The summed E-state index contributed by atoms with van der Waals surface area (Å²) in [6.07, 6.45) is 0. The average molecular weight is 282 g/mol. The van der Waals surface area contributed by atoms with E-state index in [-0.39, 0.29) is 5.78 Å². The van der Waals surface area contributed by atoms with Gasteiger partial charge in [-0.1, -0.05) is 32.0 Å². The number of hydrogen-bond acceptors (Lipinski definition) is 2. The van der Waals surface area contributed by atoms with E-state index >= 15 is 0 Å². The topological polar surface area (TPSA) is 26.3 Å². The van der Waals surface area contributed by atoms with E-state index in [1.807, 2.05) is 24.3 Å². The molecule has 2 aromatic carbocycles. The molecule has 0 bridgehead atoms. The molecule has 0 heterocycles. The van der Waals surface area contributed by atoms with Gasteiger partial charge in [0.25, 0.3) is 0 Å². The third-order valence-corrected chi connectivity index (χ3v) is 3.78. The van der Waals surface area contributed by atoms with Gasteiger partial charge in [0.05, 0.1) is 7.11 Å². The van der Waals surface area contributed by atoms with Gasteiger partial charge in [-0.25, -0.2) is 0 Å². The Hall–Kier alpha value is -2.09. The van der Waals surface area contributed by atoms with E-state index in [0.29, 0.717) is 5.92 Å². The van der Waals surface area contributed by atoms with E-state index in [0.717, 1.165) is 28.0 Å². The lowest BCUT2D eigenvalue weighted by Crippen LogP contribution is -1.98. The number of carbonyl (C=O) groups excluding carboxylic acids is 1. The Labute approximate surface area is 126 Å². The van der Waals surface area contributed by atoms with Gasteiger partial charge in [-0.05, 0) is 60.2 Å². The van der Waals surface area contributed by atoms with E-state index < -0.39 is 0 Å². The molecule has 2 aromatic rings. The SMILES string of the molecule is COc1cc(C)c(-c2cccc(C(C)=O)c2)cc1C(C)C. The molecule has 0 fully saturated rings. The van der Waals surface area contributed by atoms with Crippen molar-refractivity contribution >= 4 is 5.78 Å². The number of benzene rings is 2. The van der Waals surface area contributed by atoms with Crippen molar-refractivity contribution < 1.29 is 9.53 Å². The summed E-state index contributed by atoms with van der Waals surface area (Å²) >= 11 is 0. The summed E-state index contributed by atoms with van der Waals surface area (Å²) in [5.41, 5.74) is 5.31. The fraction of sp³-hybridized carbons (Fsp3) is 0.316. The average Bonchev–Trinajstić information content (AvgIpc) is 2.46. The van der Waals surface area contributed by atoms with E-state index in [4.69, 9.17) is 4.74 Å². The highest BCUT2D eigenvalue weighted by molar-refractivity contribution is 5.95. The zero-order chi connectivity index (χ0) is 15.6. The highest BCUT2D eigenvalue weighted by Crippen LogP contribution is 2.34. The third-order valence-electron chi connectivity index (χ3n) is 3.78. The van der Waals surface area contributed by atoms with Crippen LogP contribution in [-0.2, 0) is 0 Å². The predicted molar refractivity (Wildman–Crippen MR) is 87.3 cm³/mol.